The normalized spacial score (nSPS) is 46.7. The van der Waals surface area contributed by atoms with Gasteiger partial charge in [0.1, 0.15) is 0 Å². The van der Waals surface area contributed by atoms with Crippen LogP contribution in [0.4, 0.5) is 0 Å². The van der Waals surface area contributed by atoms with Gasteiger partial charge in [-0.25, -0.2) is 0 Å². The Morgan fingerprint density at radius 3 is 2.94 bits per heavy atom. The maximum Gasteiger partial charge on any atom is 0.0775 e. The van der Waals surface area contributed by atoms with Crippen molar-refractivity contribution in [2.75, 3.05) is 13.1 Å². The van der Waals surface area contributed by atoms with E-state index in [-0.39, 0.29) is 0 Å². The SMILES string of the molecule is CC1CCCN(C2C(=NO)C3CCC2C3)C1. The van der Waals surface area contributed by atoms with Crippen molar-refractivity contribution in [3.8, 4) is 0 Å². The van der Waals surface area contributed by atoms with Crippen LogP contribution in [-0.4, -0.2) is 35.0 Å². The van der Waals surface area contributed by atoms with E-state index in [1.54, 1.807) is 0 Å². The number of nitrogens with zero attached hydrogens (tertiary/aromatic N) is 2. The van der Waals surface area contributed by atoms with Crippen LogP contribution in [0.5, 0.6) is 0 Å². The van der Waals surface area contributed by atoms with Crippen molar-refractivity contribution in [1.29, 1.82) is 0 Å². The first kappa shape index (κ1) is 10.6. The molecule has 3 aliphatic rings. The van der Waals surface area contributed by atoms with E-state index in [1.165, 1.54) is 45.2 Å². The molecule has 0 aromatic rings. The summed E-state index contributed by atoms with van der Waals surface area (Å²) < 4.78 is 0. The molecule has 90 valence electrons. The minimum Gasteiger partial charge on any atom is -0.411 e. The van der Waals surface area contributed by atoms with Gasteiger partial charge in [0, 0.05) is 12.5 Å². The zero-order chi connectivity index (χ0) is 11.1. The molecule has 0 spiro atoms. The molecule has 2 aliphatic carbocycles. The largest absolute Gasteiger partial charge is 0.411 e. The van der Waals surface area contributed by atoms with Gasteiger partial charge in [-0.15, -0.1) is 0 Å². The lowest BCUT2D eigenvalue weighted by atomic mass is 9.89. The van der Waals surface area contributed by atoms with E-state index < -0.39 is 0 Å². The van der Waals surface area contributed by atoms with Crippen LogP contribution in [0.1, 0.15) is 39.0 Å². The Hall–Kier alpha value is -0.570. The summed E-state index contributed by atoms with van der Waals surface area (Å²) in [5.74, 6) is 2.19. The highest BCUT2D eigenvalue weighted by Gasteiger charge is 2.48. The van der Waals surface area contributed by atoms with E-state index in [1.807, 2.05) is 0 Å². The van der Waals surface area contributed by atoms with Crippen LogP contribution in [0.15, 0.2) is 5.16 Å². The summed E-state index contributed by atoms with van der Waals surface area (Å²) in [4.78, 5) is 2.59. The van der Waals surface area contributed by atoms with Gasteiger partial charge < -0.3 is 5.21 Å². The van der Waals surface area contributed by atoms with Gasteiger partial charge in [0.15, 0.2) is 0 Å². The first-order valence-electron chi connectivity index (χ1n) is 6.75. The lowest BCUT2D eigenvalue weighted by Crippen LogP contribution is -2.49. The van der Waals surface area contributed by atoms with Crippen molar-refractivity contribution < 1.29 is 5.21 Å². The molecule has 3 fully saturated rings. The number of hydrogen-bond donors (Lipinski definition) is 1. The summed E-state index contributed by atoms with van der Waals surface area (Å²) in [5.41, 5.74) is 1.10. The monoisotopic (exact) mass is 222 g/mol. The Morgan fingerprint density at radius 2 is 2.19 bits per heavy atom. The third kappa shape index (κ3) is 1.56. The molecule has 1 N–H and O–H groups in total. The predicted molar refractivity (Wildman–Crippen MR) is 63.8 cm³/mol. The molecule has 0 amide bonds. The molecular weight excluding hydrogens is 200 g/mol. The highest BCUT2D eigenvalue weighted by molar-refractivity contribution is 5.94. The van der Waals surface area contributed by atoms with E-state index in [2.05, 4.69) is 17.0 Å². The zero-order valence-electron chi connectivity index (χ0n) is 10.1. The summed E-state index contributed by atoms with van der Waals surface area (Å²) in [6.07, 6.45) is 6.55. The van der Waals surface area contributed by atoms with E-state index in [4.69, 9.17) is 0 Å². The zero-order valence-corrected chi connectivity index (χ0v) is 10.1. The lowest BCUT2D eigenvalue weighted by molar-refractivity contribution is 0.131. The predicted octanol–water partition coefficient (Wildman–Crippen LogP) is 2.35. The fourth-order valence-electron chi connectivity index (χ4n) is 4.16. The topological polar surface area (TPSA) is 35.8 Å². The van der Waals surface area contributed by atoms with Gasteiger partial charge in [0.05, 0.1) is 11.8 Å². The molecule has 3 rings (SSSR count). The second-order valence-corrected chi connectivity index (χ2v) is 5.98. The maximum atomic E-state index is 9.22. The first-order chi connectivity index (χ1) is 7.79. The van der Waals surface area contributed by atoms with Crippen LogP contribution in [-0.2, 0) is 0 Å². The third-order valence-corrected chi connectivity index (χ3v) is 4.84. The Kier molecular flexibility index (Phi) is 2.66. The summed E-state index contributed by atoms with van der Waals surface area (Å²) in [7, 11) is 0. The first-order valence-corrected chi connectivity index (χ1v) is 6.75. The van der Waals surface area contributed by atoms with Crippen molar-refractivity contribution in [2.24, 2.45) is 22.9 Å². The molecule has 16 heavy (non-hydrogen) atoms. The van der Waals surface area contributed by atoms with Crippen molar-refractivity contribution in [3.63, 3.8) is 0 Å². The molecule has 2 saturated carbocycles. The van der Waals surface area contributed by atoms with Crippen LogP contribution in [0.25, 0.3) is 0 Å². The van der Waals surface area contributed by atoms with Gasteiger partial charge in [-0.05, 0) is 50.5 Å². The highest BCUT2D eigenvalue weighted by atomic mass is 16.4. The molecule has 0 aromatic heterocycles. The van der Waals surface area contributed by atoms with Crippen molar-refractivity contribution in [1.82, 2.24) is 4.90 Å². The van der Waals surface area contributed by atoms with E-state index >= 15 is 0 Å². The third-order valence-electron chi connectivity index (χ3n) is 4.84. The Bertz CT molecular complexity index is 302. The summed E-state index contributed by atoms with van der Waals surface area (Å²) >= 11 is 0. The molecule has 0 radical (unpaired) electrons. The van der Waals surface area contributed by atoms with Gasteiger partial charge in [0.25, 0.3) is 0 Å². The molecule has 1 heterocycles. The number of rotatable bonds is 1. The second kappa shape index (κ2) is 4.02. The molecule has 2 bridgehead atoms. The van der Waals surface area contributed by atoms with E-state index in [9.17, 15) is 5.21 Å². The maximum absolute atomic E-state index is 9.22. The van der Waals surface area contributed by atoms with Crippen molar-refractivity contribution in [3.05, 3.63) is 0 Å². The van der Waals surface area contributed by atoms with E-state index in [0.29, 0.717) is 12.0 Å². The molecule has 0 aromatic carbocycles. The van der Waals surface area contributed by atoms with Crippen LogP contribution in [0.3, 0.4) is 0 Å². The summed E-state index contributed by atoms with van der Waals surface area (Å²) in [6.45, 7) is 4.75. The Balaban J connectivity index is 1.78. The quantitative estimate of drug-likeness (QED) is 0.546. The van der Waals surface area contributed by atoms with Gasteiger partial charge in [0.2, 0.25) is 0 Å². The average molecular weight is 222 g/mol. The second-order valence-electron chi connectivity index (χ2n) is 5.98. The molecule has 3 nitrogen and oxygen atoms in total. The summed E-state index contributed by atoms with van der Waals surface area (Å²) in [5, 5.41) is 12.8. The fraction of sp³-hybridized carbons (Fsp3) is 0.923. The number of hydrogen-bond acceptors (Lipinski definition) is 3. The molecule has 4 atom stereocenters. The van der Waals surface area contributed by atoms with Gasteiger partial charge in [-0.2, -0.15) is 0 Å². The molecule has 3 heteroatoms. The minimum absolute atomic E-state index is 0.478. The van der Waals surface area contributed by atoms with Crippen LogP contribution in [0, 0.1) is 17.8 Å². The number of oxime groups is 1. The highest BCUT2D eigenvalue weighted by Crippen LogP contribution is 2.45. The van der Waals surface area contributed by atoms with Gasteiger partial charge in [-0.3, -0.25) is 4.90 Å². The van der Waals surface area contributed by atoms with E-state index in [0.717, 1.165) is 17.5 Å². The Morgan fingerprint density at radius 1 is 1.31 bits per heavy atom. The van der Waals surface area contributed by atoms with Crippen molar-refractivity contribution in [2.45, 2.75) is 45.1 Å². The Labute approximate surface area is 97.5 Å². The summed E-state index contributed by atoms with van der Waals surface area (Å²) in [6, 6.07) is 0.478. The minimum atomic E-state index is 0.478. The average Bonchev–Trinajstić information content (AvgIpc) is 2.88. The standard InChI is InChI=1S/C13H22N2O/c1-9-3-2-6-15(8-9)13-11-5-4-10(7-11)12(13)14-16/h9-11,13,16H,2-8H2,1H3. The number of fused-ring (bicyclic) bond motifs is 2. The van der Waals surface area contributed by atoms with Gasteiger partial charge in [-0.1, -0.05) is 12.1 Å². The van der Waals surface area contributed by atoms with Crippen LogP contribution < -0.4 is 0 Å². The van der Waals surface area contributed by atoms with Crippen molar-refractivity contribution >= 4 is 5.71 Å². The molecule has 1 aliphatic heterocycles. The van der Waals surface area contributed by atoms with Crippen LogP contribution in [0.2, 0.25) is 0 Å². The number of piperidine rings is 1. The molecule has 4 unspecified atom stereocenters. The van der Waals surface area contributed by atoms with Crippen LogP contribution >= 0.6 is 0 Å². The molecular formula is C13H22N2O. The fourth-order valence-corrected chi connectivity index (χ4v) is 4.16. The van der Waals surface area contributed by atoms with Gasteiger partial charge >= 0.3 is 0 Å². The number of likely N-dealkylation sites (tertiary alicyclic amines) is 1. The molecule has 1 saturated heterocycles. The lowest BCUT2D eigenvalue weighted by Gasteiger charge is -2.39. The smallest absolute Gasteiger partial charge is 0.0775 e.